The van der Waals surface area contributed by atoms with Crippen molar-refractivity contribution < 1.29 is 19.1 Å². The molecular formula is C21H21N3O4. The quantitative estimate of drug-likeness (QED) is 0.458. The number of carbonyl (C=O) groups excluding carboxylic acids is 1. The molecule has 0 aliphatic rings. The molecule has 4 aromatic rings. The first kappa shape index (κ1) is 18.1. The van der Waals surface area contributed by atoms with Crippen LogP contribution in [-0.4, -0.2) is 33.3 Å². The molecule has 2 aromatic heterocycles. The molecule has 0 saturated carbocycles. The molecule has 0 fully saturated rings. The van der Waals surface area contributed by atoms with E-state index < -0.39 is 12.0 Å². The summed E-state index contributed by atoms with van der Waals surface area (Å²) in [6, 6.07) is 13.7. The molecule has 7 nitrogen and oxygen atoms in total. The first-order chi connectivity index (χ1) is 13.6. The normalized spacial score (nSPS) is 12.5. The molecule has 1 atom stereocenters. The highest BCUT2D eigenvalue weighted by Gasteiger charge is 2.10. The topological polar surface area (TPSA) is 104 Å². The highest BCUT2D eigenvalue weighted by atomic mass is 16.5. The van der Waals surface area contributed by atoms with Gasteiger partial charge in [0.15, 0.2) is 0 Å². The molecule has 0 aliphatic heterocycles. The number of amides is 1. The highest BCUT2D eigenvalue weighted by molar-refractivity contribution is 6.05. The summed E-state index contributed by atoms with van der Waals surface area (Å²) in [5.41, 5.74) is 7.05. The predicted molar refractivity (Wildman–Crippen MR) is 105 cm³/mol. The van der Waals surface area contributed by atoms with Crippen molar-refractivity contribution in [3.8, 4) is 5.75 Å². The summed E-state index contributed by atoms with van der Waals surface area (Å²) in [5, 5.41) is 12.2. The molecule has 7 heteroatoms. The number of nitrogens with zero attached hydrogens (tertiary/aromatic N) is 2. The molecule has 0 bridgehead atoms. The maximum absolute atomic E-state index is 11.0. The minimum Gasteiger partial charge on any atom is -0.494 e. The van der Waals surface area contributed by atoms with E-state index >= 15 is 0 Å². The number of hydrogen-bond acceptors (Lipinski definition) is 5. The van der Waals surface area contributed by atoms with Crippen LogP contribution in [-0.2, 0) is 6.54 Å². The molecule has 0 spiro atoms. The zero-order chi connectivity index (χ0) is 19.5. The molecule has 0 radical (unpaired) electrons. The number of rotatable bonds is 8. The Morgan fingerprint density at radius 1 is 1.21 bits per heavy atom. The van der Waals surface area contributed by atoms with Crippen LogP contribution in [0.25, 0.3) is 21.9 Å². The van der Waals surface area contributed by atoms with Gasteiger partial charge in [-0.3, -0.25) is 4.79 Å². The van der Waals surface area contributed by atoms with Crippen LogP contribution in [0.1, 0.15) is 23.3 Å². The number of hydrogen-bond donors (Lipinski definition) is 2. The third-order valence-electron chi connectivity index (χ3n) is 4.61. The van der Waals surface area contributed by atoms with Crippen LogP contribution in [0.15, 0.2) is 59.4 Å². The van der Waals surface area contributed by atoms with Gasteiger partial charge in [-0.15, -0.1) is 0 Å². The fourth-order valence-corrected chi connectivity index (χ4v) is 3.23. The van der Waals surface area contributed by atoms with Crippen LogP contribution in [0, 0.1) is 0 Å². The van der Waals surface area contributed by atoms with E-state index in [1.807, 2.05) is 42.5 Å². The van der Waals surface area contributed by atoms with Crippen molar-refractivity contribution in [2.24, 2.45) is 5.73 Å². The molecule has 144 valence electrons. The monoisotopic (exact) mass is 379 g/mol. The summed E-state index contributed by atoms with van der Waals surface area (Å²) in [5.74, 6) is 0.193. The number of primary amides is 1. The Bertz CT molecular complexity index is 1120. The van der Waals surface area contributed by atoms with Gasteiger partial charge in [-0.2, -0.15) is 0 Å². The van der Waals surface area contributed by atoms with Crippen molar-refractivity contribution in [3.05, 3.63) is 60.7 Å². The Hall–Kier alpha value is -3.32. The van der Waals surface area contributed by atoms with Crippen LogP contribution in [0.2, 0.25) is 0 Å². The largest absolute Gasteiger partial charge is 0.494 e. The summed E-state index contributed by atoms with van der Waals surface area (Å²) in [7, 11) is 0. The lowest BCUT2D eigenvalue weighted by Gasteiger charge is -2.11. The average molecular weight is 379 g/mol. The summed E-state index contributed by atoms with van der Waals surface area (Å²) < 4.78 is 13.3. The van der Waals surface area contributed by atoms with Gasteiger partial charge in [0.05, 0.1) is 19.0 Å². The molecule has 0 aliphatic carbocycles. The maximum atomic E-state index is 11.0. The lowest BCUT2D eigenvalue weighted by Crippen LogP contribution is -2.16. The molecular weight excluding hydrogens is 358 g/mol. The Balaban J connectivity index is 1.29. The number of carbonyl (C=O) groups is 1. The van der Waals surface area contributed by atoms with Crippen LogP contribution in [0.3, 0.4) is 0 Å². The fourth-order valence-electron chi connectivity index (χ4n) is 3.23. The van der Waals surface area contributed by atoms with E-state index in [2.05, 4.69) is 4.98 Å². The van der Waals surface area contributed by atoms with Gasteiger partial charge < -0.3 is 24.6 Å². The van der Waals surface area contributed by atoms with Crippen LogP contribution in [0.4, 0.5) is 0 Å². The third kappa shape index (κ3) is 3.84. The molecule has 4 rings (SSSR count). The van der Waals surface area contributed by atoms with E-state index in [1.54, 1.807) is 4.57 Å². The van der Waals surface area contributed by atoms with Gasteiger partial charge >= 0.3 is 0 Å². The fraction of sp³-hybridized carbons (Fsp3) is 0.238. The van der Waals surface area contributed by atoms with Crippen molar-refractivity contribution in [1.82, 2.24) is 9.55 Å². The molecule has 28 heavy (non-hydrogen) atoms. The lowest BCUT2D eigenvalue weighted by molar-refractivity contribution is 0.0995. The van der Waals surface area contributed by atoms with Gasteiger partial charge in [-0.25, -0.2) is 4.98 Å². The van der Waals surface area contributed by atoms with E-state index in [-0.39, 0.29) is 5.69 Å². The second-order valence-electron chi connectivity index (χ2n) is 6.72. The molecule has 0 unspecified atom stereocenters. The Kier molecular flexibility index (Phi) is 4.99. The number of aliphatic hydroxyl groups is 1. The van der Waals surface area contributed by atoms with Crippen LogP contribution >= 0.6 is 0 Å². The number of fused-ring (bicyclic) bond motifs is 3. The van der Waals surface area contributed by atoms with E-state index in [0.29, 0.717) is 26.0 Å². The van der Waals surface area contributed by atoms with Crippen molar-refractivity contribution in [1.29, 1.82) is 0 Å². The maximum Gasteiger partial charge on any atom is 0.268 e. The number of ether oxygens (including phenoxy) is 1. The molecule has 0 saturated heterocycles. The Labute approximate surface area is 161 Å². The number of aliphatic hydroxyl groups excluding tert-OH is 1. The van der Waals surface area contributed by atoms with Gasteiger partial charge in [-0.05, 0) is 37.1 Å². The second kappa shape index (κ2) is 7.74. The number of para-hydroxylation sites is 1. The average Bonchev–Trinajstić information content (AvgIpc) is 3.29. The number of benzene rings is 2. The van der Waals surface area contributed by atoms with E-state index in [1.165, 1.54) is 12.5 Å². The number of furan rings is 1. The van der Waals surface area contributed by atoms with Gasteiger partial charge in [0.25, 0.3) is 5.91 Å². The minimum absolute atomic E-state index is 0.192. The van der Waals surface area contributed by atoms with Gasteiger partial charge in [0, 0.05) is 23.5 Å². The number of imidazole rings is 1. The first-order valence-corrected chi connectivity index (χ1v) is 9.14. The Morgan fingerprint density at radius 3 is 2.86 bits per heavy atom. The van der Waals surface area contributed by atoms with E-state index in [4.69, 9.17) is 14.9 Å². The summed E-state index contributed by atoms with van der Waals surface area (Å²) in [6.45, 7) is 0.849. The van der Waals surface area contributed by atoms with Crippen molar-refractivity contribution >= 4 is 27.8 Å². The van der Waals surface area contributed by atoms with Crippen molar-refractivity contribution in [2.45, 2.75) is 25.5 Å². The summed E-state index contributed by atoms with van der Waals surface area (Å²) in [4.78, 5) is 14.9. The minimum atomic E-state index is -0.580. The SMILES string of the molecule is NC(=O)c1cn(C[C@@H](O)CCCOc2ccc3oc4ccccc4c3c2)cn1. The van der Waals surface area contributed by atoms with E-state index in [9.17, 15) is 9.90 Å². The summed E-state index contributed by atoms with van der Waals surface area (Å²) >= 11 is 0. The van der Waals surface area contributed by atoms with Gasteiger partial charge in [-0.1, -0.05) is 18.2 Å². The molecule has 1 amide bonds. The van der Waals surface area contributed by atoms with Crippen molar-refractivity contribution in [3.63, 3.8) is 0 Å². The second-order valence-corrected chi connectivity index (χ2v) is 6.72. The summed E-state index contributed by atoms with van der Waals surface area (Å²) in [6.07, 6.45) is 3.74. The number of aromatic nitrogens is 2. The van der Waals surface area contributed by atoms with E-state index in [0.717, 1.165) is 27.7 Å². The van der Waals surface area contributed by atoms with Gasteiger partial charge in [0.1, 0.15) is 22.6 Å². The smallest absolute Gasteiger partial charge is 0.268 e. The first-order valence-electron chi connectivity index (χ1n) is 9.14. The zero-order valence-electron chi connectivity index (χ0n) is 15.2. The Morgan fingerprint density at radius 2 is 2.04 bits per heavy atom. The molecule has 2 aromatic carbocycles. The molecule has 3 N–H and O–H groups in total. The standard InChI is InChI=1S/C21H21N3O4/c22-21(26)18-12-24(13-23-18)11-14(25)4-3-9-27-15-7-8-20-17(10-15)16-5-1-2-6-19(16)28-20/h1-2,5-8,10,12-14,25H,3-4,9,11H2,(H2,22,26)/t14-/m0/s1. The van der Waals surface area contributed by atoms with Gasteiger partial charge in [0.2, 0.25) is 0 Å². The number of nitrogens with two attached hydrogens (primary N) is 1. The van der Waals surface area contributed by atoms with Crippen LogP contribution in [0.5, 0.6) is 5.75 Å². The van der Waals surface area contributed by atoms with Crippen molar-refractivity contribution in [2.75, 3.05) is 6.61 Å². The predicted octanol–water partition coefficient (Wildman–Crippen LogP) is 3.10. The zero-order valence-corrected chi connectivity index (χ0v) is 15.2. The molecule has 2 heterocycles. The highest BCUT2D eigenvalue weighted by Crippen LogP contribution is 2.31. The lowest BCUT2D eigenvalue weighted by atomic mass is 10.1. The third-order valence-corrected chi connectivity index (χ3v) is 4.61. The van der Waals surface area contributed by atoms with Crippen LogP contribution < -0.4 is 10.5 Å².